The molecule has 4 aromatic carbocycles. The van der Waals surface area contributed by atoms with E-state index in [0.29, 0.717) is 22.9 Å². The molecule has 1 atom stereocenters. The number of nitrogens with zero attached hydrogens (tertiary/aromatic N) is 2. The zero-order chi connectivity index (χ0) is 32.4. The van der Waals surface area contributed by atoms with Gasteiger partial charge in [-0.1, -0.05) is 60.7 Å². The van der Waals surface area contributed by atoms with Crippen LogP contribution in [0.4, 0.5) is 5.69 Å². The van der Waals surface area contributed by atoms with Gasteiger partial charge in [-0.2, -0.15) is 0 Å². The monoisotopic (exact) mass is 629 g/mol. The standard InChI is InChI=1S/C35H39N3O6S/c1-26(2)36-35(40)33(23-27-12-7-5-8-13-27)37(24-28-14-11-17-32(22-28)43-3)34(39)25-38(45(4,41)42)29-18-20-31(21-19-29)44-30-15-9-6-10-16-30/h5-22,26,33H,23-25H2,1-4H3,(H,36,40)/t33-/m0/s1. The van der Waals surface area contributed by atoms with E-state index in [2.05, 4.69) is 5.32 Å². The van der Waals surface area contributed by atoms with Gasteiger partial charge in [0.2, 0.25) is 21.8 Å². The Kier molecular flexibility index (Phi) is 11.2. The number of hydrogen-bond acceptors (Lipinski definition) is 6. The fourth-order valence-electron chi connectivity index (χ4n) is 4.82. The van der Waals surface area contributed by atoms with Crippen LogP contribution in [0, 0.1) is 0 Å². The first kappa shape index (κ1) is 33.1. The van der Waals surface area contributed by atoms with Gasteiger partial charge in [0.05, 0.1) is 19.1 Å². The first-order chi connectivity index (χ1) is 21.5. The summed E-state index contributed by atoms with van der Waals surface area (Å²) in [5.41, 5.74) is 1.88. The zero-order valence-corrected chi connectivity index (χ0v) is 26.7. The van der Waals surface area contributed by atoms with Crippen LogP contribution >= 0.6 is 0 Å². The number of rotatable bonds is 14. The van der Waals surface area contributed by atoms with Crippen molar-refractivity contribution in [2.75, 3.05) is 24.2 Å². The molecule has 9 nitrogen and oxygen atoms in total. The molecule has 0 heterocycles. The van der Waals surface area contributed by atoms with E-state index < -0.39 is 28.5 Å². The number of hydrogen-bond donors (Lipinski definition) is 1. The number of benzene rings is 4. The van der Waals surface area contributed by atoms with Gasteiger partial charge in [-0.15, -0.1) is 0 Å². The molecule has 45 heavy (non-hydrogen) atoms. The number of ether oxygens (including phenoxy) is 2. The van der Waals surface area contributed by atoms with E-state index in [4.69, 9.17) is 9.47 Å². The summed E-state index contributed by atoms with van der Waals surface area (Å²) >= 11 is 0. The van der Waals surface area contributed by atoms with E-state index in [9.17, 15) is 18.0 Å². The van der Waals surface area contributed by atoms with Crippen LogP contribution in [-0.2, 0) is 32.6 Å². The molecule has 0 saturated heterocycles. The quantitative estimate of drug-likeness (QED) is 0.200. The van der Waals surface area contributed by atoms with Gasteiger partial charge in [0.1, 0.15) is 29.8 Å². The molecular weight excluding hydrogens is 590 g/mol. The molecule has 0 aliphatic rings. The lowest BCUT2D eigenvalue weighted by atomic mass is 10.0. The number of sulfonamides is 1. The van der Waals surface area contributed by atoms with Crippen LogP contribution in [0.1, 0.15) is 25.0 Å². The van der Waals surface area contributed by atoms with Gasteiger partial charge in [0.25, 0.3) is 0 Å². The second kappa shape index (κ2) is 15.3. The summed E-state index contributed by atoms with van der Waals surface area (Å²) in [4.78, 5) is 29.4. The lowest BCUT2D eigenvalue weighted by molar-refractivity contribution is -0.140. The van der Waals surface area contributed by atoms with Gasteiger partial charge in [-0.05, 0) is 73.5 Å². The summed E-state index contributed by atoms with van der Waals surface area (Å²) in [7, 11) is -2.35. The number of methoxy groups -OCH3 is 1. The van der Waals surface area contributed by atoms with Gasteiger partial charge in [-0.25, -0.2) is 8.42 Å². The third kappa shape index (κ3) is 9.58. The number of nitrogens with one attached hydrogen (secondary N) is 1. The van der Waals surface area contributed by atoms with Crippen molar-refractivity contribution in [3.8, 4) is 17.2 Å². The van der Waals surface area contributed by atoms with Crippen LogP contribution in [0.2, 0.25) is 0 Å². The third-order valence-corrected chi connectivity index (χ3v) is 8.11. The summed E-state index contributed by atoms with van der Waals surface area (Å²) in [5.74, 6) is 0.878. The smallest absolute Gasteiger partial charge is 0.244 e. The Hall–Kier alpha value is -4.83. The summed E-state index contributed by atoms with van der Waals surface area (Å²) in [6, 6.07) is 31.2. The summed E-state index contributed by atoms with van der Waals surface area (Å²) in [6.45, 7) is 3.24. The van der Waals surface area contributed by atoms with Crippen molar-refractivity contribution in [2.45, 2.75) is 38.9 Å². The van der Waals surface area contributed by atoms with Crippen LogP contribution in [0.3, 0.4) is 0 Å². The molecule has 236 valence electrons. The molecule has 1 N–H and O–H groups in total. The Balaban J connectivity index is 1.69. The maximum Gasteiger partial charge on any atom is 0.244 e. The second-order valence-electron chi connectivity index (χ2n) is 10.9. The largest absolute Gasteiger partial charge is 0.497 e. The van der Waals surface area contributed by atoms with Gasteiger partial charge >= 0.3 is 0 Å². The average Bonchev–Trinajstić information content (AvgIpc) is 3.02. The van der Waals surface area contributed by atoms with Gasteiger partial charge in [0, 0.05) is 19.0 Å². The molecule has 0 aliphatic heterocycles. The topological polar surface area (TPSA) is 105 Å². The highest BCUT2D eigenvalue weighted by molar-refractivity contribution is 7.92. The van der Waals surface area contributed by atoms with Crippen molar-refractivity contribution in [2.24, 2.45) is 0 Å². The van der Waals surface area contributed by atoms with E-state index in [1.165, 1.54) is 4.90 Å². The fourth-order valence-corrected chi connectivity index (χ4v) is 5.67. The van der Waals surface area contributed by atoms with E-state index in [0.717, 1.165) is 21.7 Å². The Labute approximate surface area is 265 Å². The SMILES string of the molecule is COc1cccc(CN(C(=O)CN(c2ccc(Oc3ccccc3)cc2)S(C)(=O)=O)[C@@H](Cc2ccccc2)C(=O)NC(C)C)c1. The predicted octanol–water partition coefficient (Wildman–Crippen LogP) is 5.42. The fraction of sp³-hybridized carbons (Fsp3) is 0.257. The molecule has 4 rings (SSSR count). The molecule has 4 aromatic rings. The number of carbonyl (C=O) groups excluding carboxylic acids is 2. The summed E-state index contributed by atoms with van der Waals surface area (Å²) in [6.07, 6.45) is 1.29. The highest BCUT2D eigenvalue weighted by Gasteiger charge is 2.33. The van der Waals surface area contributed by atoms with Crippen LogP contribution in [0.25, 0.3) is 0 Å². The Morgan fingerprint density at radius 1 is 0.778 bits per heavy atom. The van der Waals surface area contributed by atoms with Crippen LogP contribution < -0.4 is 19.1 Å². The summed E-state index contributed by atoms with van der Waals surface area (Å²) in [5, 5.41) is 2.94. The normalized spacial score (nSPS) is 11.8. The molecular formula is C35H39N3O6S. The maximum atomic E-state index is 14.2. The molecule has 0 saturated carbocycles. The molecule has 2 amide bonds. The van der Waals surface area contributed by atoms with Crippen molar-refractivity contribution in [1.29, 1.82) is 0 Å². The maximum absolute atomic E-state index is 14.2. The zero-order valence-electron chi connectivity index (χ0n) is 25.9. The number of carbonyl (C=O) groups is 2. The first-order valence-corrected chi connectivity index (χ1v) is 16.5. The first-order valence-electron chi connectivity index (χ1n) is 14.6. The minimum atomic E-state index is -3.90. The average molecular weight is 630 g/mol. The van der Waals surface area contributed by atoms with Crippen molar-refractivity contribution >= 4 is 27.5 Å². The highest BCUT2D eigenvalue weighted by atomic mass is 32.2. The van der Waals surface area contributed by atoms with Crippen LogP contribution in [0.5, 0.6) is 17.2 Å². The Morgan fingerprint density at radius 2 is 1.36 bits per heavy atom. The summed E-state index contributed by atoms with van der Waals surface area (Å²) < 4.78 is 38.4. The number of anilines is 1. The van der Waals surface area contributed by atoms with E-state index in [1.54, 1.807) is 49.6 Å². The molecule has 0 spiro atoms. The van der Waals surface area contributed by atoms with E-state index >= 15 is 0 Å². The van der Waals surface area contributed by atoms with Gasteiger partial charge < -0.3 is 19.7 Å². The third-order valence-electron chi connectivity index (χ3n) is 6.97. The predicted molar refractivity (Wildman–Crippen MR) is 176 cm³/mol. The number of para-hydroxylation sites is 1. The number of amides is 2. The molecule has 0 radical (unpaired) electrons. The molecule has 0 bridgehead atoms. The lowest BCUT2D eigenvalue weighted by Gasteiger charge is -2.34. The minimum absolute atomic E-state index is 0.0561. The van der Waals surface area contributed by atoms with Crippen molar-refractivity contribution in [3.63, 3.8) is 0 Å². The molecule has 10 heteroatoms. The molecule has 0 aliphatic carbocycles. The molecule has 0 aromatic heterocycles. The van der Waals surface area contributed by atoms with E-state index in [-0.39, 0.29) is 24.9 Å². The molecule has 0 fully saturated rings. The second-order valence-corrected chi connectivity index (χ2v) is 12.8. The van der Waals surface area contributed by atoms with E-state index in [1.807, 2.05) is 80.6 Å². The van der Waals surface area contributed by atoms with Crippen molar-refractivity contribution in [3.05, 3.63) is 120 Å². The van der Waals surface area contributed by atoms with Crippen LogP contribution in [-0.4, -0.2) is 57.1 Å². The molecule has 0 unspecified atom stereocenters. The van der Waals surface area contributed by atoms with Crippen molar-refractivity contribution < 1.29 is 27.5 Å². The van der Waals surface area contributed by atoms with Gasteiger partial charge in [0.15, 0.2) is 0 Å². The Morgan fingerprint density at radius 3 is 1.96 bits per heavy atom. The Bertz CT molecular complexity index is 1660. The van der Waals surface area contributed by atoms with Gasteiger partial charge in [-0.3, -0.25) is 13.9 Å². The highest BCUT2D eigenvalue weighted by Crippen LogP contribution is 2.26. The minimum Gasteiger partial charge on any atom is -0.497 e. The van der Waals surface area contributed by atoms with Crippen molar-refractivity contribution in [1.82, 2.24) is 10.2 Å². The van der Waals surface area contributed by atoms with Crippen LogP contribution in [0.15, 0.2) is 109 Å². The lowest BCUT2D eigenvalue weighted by Crippen LogP contribution is -2.54.